The van der Waals surface area contributed by atoms with E-state index in [1.54, 1.807) is 4.68 Å². The van der Waals surface area contributed by atoms with Gasteiger partial charge in [0.05, 0.1) is 18.7 Å². The number of nitrogens with zero attached hydrogens (tertiary/aromatic N) is 4. The van der Waals surface area contributed by atoms with E-state index in [4.69, 9.17) is 4.74 Å². The Kier molecular flexibility index (Phi) is 5.55. The van der Waals surface area contributed by atoms with E-state index in [2.05, 4.69) is 20.5 Å². The number of para-hydroxylation sites is 1. The van der Waals surface area contributed by atoms with Crippen LogP contribution in [0.3, 0.4) is 0 Å². The van der Waals surface area contributed by atoms with Crippen LogP contribution in [0, 0.1) is 0 Å². The van der Waals surface area contributed by atoms with Gasteiger partial charge in [-0.25, -0.2) is 4.68 Å². The van der Waals surface area contributed by atoms with Crippen LogP contribution in [0.4, 0.5) is 0 Å². The van der Waals surface area contributed by atoms with Crippen LogP contribution in [0.2, 0.25) is 0 Å². The second-order valence-electron chi connectivity index (χ2n) is 5.75. The molecule has 7 nitrogen and oxygen atoms in total. The van der Waals surface area contributed by atoms with Gasteiger partial charge in [0.2, 0.25) is 5.91 Å². The third-order valence-corrected chi connectivity index (χ3v) is 4.04. The Morgan fingerprint density at radius 1 is 1.22 bits per heavy atom. The molecule has 0 spiro atoms. The van der Waals surface area contributed by atoms with Crippen molar-refractivity contribution < 1.29 is 9.53 Å². The Labute approximate surface area is 135 Å². The summed E-state index contributed by atoms with van der Waals surface area (Å²) in [6, 6.07) is 7.65. The molecule has 1 aliphatic rings. The average molecular weight is 317 g/mol. The molecule has 0 bridgehead atoms. The van der Waals surface area contributed by atoms with Crippen LogP contribution in [0.15, 0.2) is 24.3 Å². The maximum atomic E-state index is 12.0. The number of hydrogen-bond donors (Lipinski definition) is 1. The van der Waals surface area contributed by atoms with Crippen LogP contribution in [0.5, 0.6) is 0 Å². The Balaban J connectivity index is 1.35. The minimum Gasteiger partial charge on any atom is -0.379 e. The van der Waals surface area contributed by atoms with E-state index < -0.39 is 0 Å². The maximum Gasteiger partial charge on any atom is 0.241 e. The van der Waals surface area contributed by atoms with Crippen molar-refractivity contribution in [1.82, 2.24) is 25.2 Å². The molecule has 7 heteroatoms. The molecule has 0 saturated carbocycles. The highest BCUT2D eigenvalue weighted by atomic mass is 16.5. The Morgan fingerprint density at radius 2 is 2.04 bits per heavy atom. The molecule has 1 fully saturated rings. The fourth-order valence-corrected chi connectivity index (χ4v) is 2.74. The maximum absolute atomic E-state index is 12.0. The topological polar surface area (TPSA) is 72.3 Å². The van der Waals surface area contributed by atoms with Gasteiger partial charge in [-0.1, -0.05) is 17.3 Å². The first-order valence-corrected chi connectivity index (χ1v) is 8.18. The predicted octanol–water partition coefficient (Wildman–Crippen LogP) is 0.660. The average Bonchev–Trinajstić information content (AvgIpc) is 2.99. The fraction of sp³-hybridized carbons (Fsp3) is 0.562. The summed E-state index contributed by atoms with van der Waals surface area (Å²) in [5, 5.41) is 11.0. The van der Waals surface area contributed by atoms with E-state index >= 15 is 0 Å². The number of rotatable bonds is 7. The summed E-state index contributed by atoms with van der Waals surface area (Å²) in [5.41, 5.74) is 1.70. The van der Waals surface area contributed by atoms with Gasteiger partial charge < -0.3 is 10.1 Å². The number of fused-ring (bicyclic) bond motifs is 1. The summed E-state index contributed by atoms with van der Waals surface area (Å²) >= 11 is 0. The summed E-state index contributed by atoms with van der Waals surface area (Å²) in [6.45, 7) is 5.70. The van der Waals surface area contributed by atoms with Gasteiger partial charge in [0.15, 0.2) is 0 Å². The Morgan fingerprint density at radius 3 is 2.91 bits per heavy atom. The molecule has 1 saturated heterocycles. The molecular weight excluding hydrogens is 294 g/mol. The molecule has 1 amide bonds. The summed E-state index contributed by atoms with van der Waals surface area (Å²) in [6.07, 6.45) is 2.08. The Bertz CT molecular complexity index is 636. The van der Waals surface area contributed by atoms with E-state index in [0.717, 1.165) is 56.7 Å². The lowest BCUT2D eigenvalue weighted by atomic mass is 10.2. The highest BCUT2D eigenvalue weighted by Gasteiger charge is 2.10. The summed E-state index contributed by atoms with van der Waals surface area (Å²) in [7, 11) is 0. The molecular formula is C16H23N5O2. The molecule has 23 heavy (non-hydrogen) atoms. The van der Waals surface area contributed by atoms with Gasteiger partial charge in [0, 0.05) is 19.6 Å². The molecule has 0 atom stereocenters. The van der Waals surface area contributed by atoms with Gasteiger partial charge in [-0.3, -0.25) is 9.69 Å². The van der Waals surface area contributed by atoms with Crippen molar-refractivity contribution in [1.29, 1.82) is 0 Å². The van der Waals surface area contributed by atoms with Crippen molar-refractivity contribution >= 4 is 16.9 Å². The van der Waals surface area contributed by atoms with Gasteiger partial charge in [0.25, 0.3) is 0 Å². The van der Waals surface area contributed by atoms with Crippen molar-refractivity contribution in [3.05, 3.63) is 24.3 Å². The van der Waals surface area contributed by atoms with E-state index in [-0.39, 0.29) is 12.5 Å². The van der Waals surface area contributed by atoms with Crippen LogP contribution in [-0.2, 0) is 16.1 Å². The zero-order valence-corrected chi connectivity index (χ0v) is 13.3. The Hall–Kier alpha value is -1.99. The lowest BCUT2D eigenvalue weighted by Crippen LogP contribution is -2.37. The number of carbonyl (C=O) groups is 1. The monoisotopic (exact) mass is 317 g/mol. The summed E-state index contributed by atoms with van der Waals surface area (Å²) in [5.74, 6) is -0.0213. The molecule has 1 aromatic carbocycles. The van der Waals surface area contributed by atoms with E-state index in [1.807, 2.05) is 24.3 Å². The fourth-order valence-electron chi connectivity index (χ4n) is 2.74. The first-order chi connectivity index (χ1) is 11.3. The van der Waals surface area contributed by atoms with Crippen molar-refractivity contribution in [2.45, 2.75) is 19.4 Å². The largest absolute Gasteiger partial charge is 0.379 e. The van der Waals surface area contributed by atoms with Crippen molar-refractivity contribution in [2.24, 2.45) is 0 Å². The molecule has 1 aromatic heterocycles. The quantitative estimate of drug-likeness (QED) is 0.760. The molecule has 1 aliphatic heterocycles. The lowest BCUT2D eigenvalue weighted by molar-refractivity contribution is -0.121. The van der Waals surface area contributed by atoms with Gasteiger partial charge in [-0.2, -0.15) is 0 Å². The van der Waals surface area contributed by atoms with Crippen molar-refractivity contribution in [2.75, 3.05) is 39.4 Å². The standard InChI is InChI=1S/C16H23N5O2/c22-16(13-21-15-6-2-1-5-14(15)18-19-21)17-7-3-4-8-20-9-11-23-12-10-20/h1-2,5-6H,3-4,7-13H2,(H,17,22). The molecule has 0 radical (unpaired) electrons. The van der Waals surface area contributed by atoms with E-state index in [0.29, 0.717) is 6.54 Å². The lowest BCUT2D eigenvalue weighted by Gasteiger charge is -2.26. The highest BCUT2D eigenvalue weighted by molar-refractivity contribution is 5.79. The number of nitrogens with one attached hydrogen (secondary N) is 1. The smallest absolute Gasteiger partial charge is 0.241 e. The van der Waals surface area contributed by atoms with Crippen LogP contribution in [0.25, 0.3) is 11.0 Å². The third kappa shape index (κ3) is 4.49. The normalized spacial score (nSPS) is 15.8. The summed E-state index contributed by atoms with van der Waals surface area (Å²) in [4.78, 5) is 14.4. The zero-order valence-electron chi connectivity index (χ0n) is 13.3. The molecule has 3 rings (SSSR count). The number of unbranched alkanes of at least 4 members (excludes halogenated alkanes) is 1. The van der Waals surface area contributed by atoms with Gasteiger partial charge in [-0.15, -0.1) is 5.10 Å². The second-order valence-corrected chi connectivity index (χ2v) is 5.75. The number of aromatic nitrogens is 3. The van der Waals surface area contributed by atoms with Gasteiger partial charge in [-0.05, 0) is 31.5 Å². The van der Waals surface area contributed by atoms with Crippen molar-refractivity contribution in [3.63, 3.8) is 0 Å². The first kappa shape index (κ1) is 15.9. The molecule has 1 N–H and O–H groups in total. The zero-order chi connectivity index (χ0) is 15.9. The first-order valence-electron chi connectivity index (χ1n) is 8.18. The second kappa shape index (κ2) is 8.03. The third-order valence-electron chi connectivity index (χ3n) is 4.04. The minimum atomic E-state index is -0.0213. The van der Waals surface area contributed by atoms with Crippen LogP contribution < -0.4 is 5.32 Å². The SMILES string of the molecule is O=C(Cn1nnc2ccccc21)NCCCCN1CCOCC1. The van der Waals surface area contributed by atoms with E-state index in [9.17, 15) is 4.79 Å². The van der Waals surface area contributed by atoms with Crippen LogP contribution in [0.1, 0.15) is 12.8 Å². The minimum absolute atomic E-state index is 0.0213. The van der Waals surface area contributed by atoms with Gasteiger partial charge >= 0.3 is 0 Å². The highest BCUT2D eigenvalue weighted by Crippen LogP contribution is 2.09. The molecule has 0 unspecified atom stereocenters. The summed E-state index contributed by atoms with van der Waals surface area (Å²) < 4.78 is 6.96. The number of ether oxygens (including phenoxy) is 1. The number of benzene rings is 1. The predicted molar refractivity (Wildman–Crippen MR) is 87.0 cm³/mol. The molecule has 124 valence electrons. The van der Waals surface area contributed by atoms with E-state index in [1.165, 1.54) is 0 Å². The molecule has 2 heterocycles. The molecule has 2 aromatic rings. The number of carbonyl (C=O) groups excluding carboxylic acids is 1. The number of morpholine rings is 1. The van der Waals surface area contributed by atoms with Crippen LogP contribution >= 0.6 is 0 Å². The number of amides is 1. The van der Waals surface area contributed by atoms with Gasteiger partial charge in [0.1, 0.15) is 12.1 Å². The van der Waals surface area contributed by atoms with Crippen molar-refractivity contribution in [3.8, 4) is 0 Å². The van der Waals surface area contributed by atoms with Crippen LogP contribution in [-0.4, -0.2) is 65.2 Å². The molecule has 0 aliphatic carbocycles. The number of hydrogen-bond acceptors (Lipinski definition) is 5.